The van der Waals surface area contributed by atoms with E-state index in [1.165, 1.54) is 84.7 Å². The smallest absolute Gasteiger partial charge is 0.0132 e. The van der Waals surface area contributed by atoms with Gasteiger partial charge in [0, 0.05) is 0 Å². The topological polar surface area (TPSA) is 0 Å². The molecule has 61 heavy (non-hydrogen) atoms. The van der Waals surface area contributed by atoms with Crippen LogP contribution < -0.4 is 0 Å². The molecule has 0 heterocycles. The second-order valence-corrected chi connectivity index (χ2v) is 19.8. The van der Waals surface area contributed by atoms with E-state index in [2.05, 4.69) is 242 Å². The zero-order chi connectivity index (χ0) is 49.3. The van der Waals surface area contributed by atoms with Crippen LogP contribution in [0.2, 0.25) is 0 Å². The number of unbranched alkanes of at least 4 members (excludes halogenated alkanes) is 3. The van der Waals surface area contributed by atoms with Crippen molar-refractivity contribution in [1.29, 1.82) is 0 Å². The molecule has 3 aromatic rings. The molecule has 366 valence electrons. The number of hydrogen-bond donors (Lipinski definition) is 0. The molecular formula is C61H122. The normalized spacial score (nSPS) is 9.25. The summed E-state index contributed by atoms with van der Waals surface area (Å²) in [7, 11) is 0. The summed E-state index contributed by atoms with van der Waals surface area (Å²) in [5, 5.41) is 0. The van der Waals surface area contributed by atoms with Crippen LogP contribution in [0.5, 0.6) is 0 Å². The molecule has 0 nitrogen and oxygen atoms in total. The Morgan fingerprint density at radius 2 is 0.639 bits per heavy atom. The van der Waals surface area contributed by atoms with Crippen LogP contribution in [0.25, 0.3) is 0 Å². The molecule has 0 aliphatic carbocycles. The largest absolute Gasteiger partial charge is 0.0776 e. The van der Waals surface area contributed by atoms with Crippen molar-refractivity contribution in [2.45, 2.75) is 265 Å². The molecule has 0 bridgehead atoms. The first-order chi connectivity index (χ1) is 27.6. The molecule has 0 heteroatoms. The van der Waals surface area contributed by atoms with E-state index < -0.39 is 0 Å². The molecule has 0 fully saturated rings. The summed E-state index contributed by atoms with van der Waals surface area (Å²) in [5.41, 5.74) is 8.91. The van der Waals surface area contributed by atoms with Crippen LogP contribution in [0.1, 0.15) is 258 Å². The third kappa shape index (κ3) is 108. The van der Waals surface area contributed by atoms with Gasteiger partial charge in [-0.2, -0.15) is 0 Å². The van der Waals surface area contributed by atoms with Gasteiger partial charge in [-0.25, -0.2) is 0 Å². The van der Waals surface area contributed by atoms with Gasteiger partial charge in [0.05, 0.1) is 0 Å². The molecule has 0 saturated carbocycles. The predicted molar refractivity (Wildman–Crippen MR) is 297 cm³/mol. The van der Waals surface area contributed by atoms with Crippen LogP contribution >= 0.6 is 0 Å². The highest BCUT2D eigenvalue weighted by atomic mass is 14.2. The standard InChI is InChI=1S/C11H16.C9H12.C7H8.4C5H12.2C4H10.C3H8.C2H6.CH4/c1-9-5-7-10(8-6-9)11(2,3)4;1-7-4-8(2)6-9(3)5-7;1-7-5-3-2-4-6-7;1-5(2,3)4;2*1-4-5(2)3;1-3-5-4-2;1-4(2)3;1-3-4-2;1-3-2;1-2;/h5-8H,1-4H3;4-6H,1-3H3;2-6H,1H3;1-4H3;2*5H,4H2,1-3H3;3-5H2,1-2H3;4H,1-3H3;3-4H2,1-2H3;3H2,1-2H3;1-2H3;1H4. The molecular weight excluding hydrogens is 733 g/mol. The quantitative estimate of drug-likeness (QED) is 0.240. The van der Waals surface area contributed by atoms with Crippen LogP contribution in [-0.4, -0.2) is 0 Å². The Morgan fingerprint density at radius 1 is 0.410 bits per heavy atom. The van der Waals surface area contributed by atoms with Gasteiger partial charge in [-0.3, -0.25) is 0 Å². The van der Waals surface area contributed by atoms with Gasteiger partial charge < -0.3 is 0 Å². The fourth-order valence-electron chi connectivity index (χ4n) is 3.14. The highest BCUT2D eigenvalue weighted by Gasteiger charge is 2.11. The monoisotopic (exact) mass is 855 g/mol. The van der Waals surface area contributed by atoms with Crippen molar-refractivity contribution in [1.82, 2.24) is 0 Å². The third-order valence-corrected chi connectivity index (χ3v) is 7.06. The van der Waals surface area contributed by atoms with Gasteiger partial charge in [0.2, 0.25) is 0 Å². The van der Waals surface area contributed by atoms with E-state index in [1.807, 2.05) is 32.0 Å². The van der Waals surface area contributed by atoms with Gasteiger partial charge in [0.1, 0.15) is 0 Å². The van der Waals surface area contributed by atoms with E-state index in [9.17, 15) is 0 Å². The number of hydrogen-bond acceptors (Lipinski definition) is 0. The Balaban J connectivity index is -0.0000000717. The van der Waals surface area contributed by atoms with Crippen molar-refractivity contribution in [3.63, 3.8) is 0 Å². The molecule has 0 saturated heterocycles. The lowest BCUT2D eigenvalue weighted by Gasteiger charge is -2.18. The molecule has 0 aromatic heterocycles. The summed E-state index contributed by atoms with van der Waals surface area (Å²) in [6.07, 6.45) is 10.6. The Labute approximate surface area is 392 Å². The Morgan fingerprint density at radius 3 is 0.770 bits per heavy atom. The lowest BCUT2D eigenvalue weighted by molar-refractivity contribution is 0.469. The van der Waals surface area contributed by atoms with Crippen molar-refractivity contribution >= 4 is 0 Å². The summed E-state index contributed by atoms with van der Waals surface area (Å²) in [6, 6.07) is 25.6. The first kappa shape index (κ1) is 79.1. The van der Waals surface area contributed by atoms with E-state index in [1.54, 1.807) is 0 Å². The second kappa shape index (κ2) is 57.7. The van der Waals surface area contributed by atoms with Crippen molar-refractivity contribution in [3.8, 4) is 0 Å². The minimum absolute atomic E-state index is 0. The van der Waals surface area contributed by atoms with Gasteiger partial charge in [0.15, 0.2) is 0 Å². The van der Waals surface area contributed by atoms with Gasteiger partial charge in [-0.05, 0) is 68.8 Å². The van der Waals surface area contributed by atoms with Gasteiger partial charge >= 0.3 is 0 Å². The summed E-state index contributed by atoms with van der Waals surface area (Å²) < 4.78 is 0. The molecule has 0 amide bonds. The molecule has 0 radical (unpaired) electrons. The minimum Gasteiger partial charge on any atom is -0.0776 e. The summed E-state index contributed by atoms with van der Waals surface area (Å²) in [5.74, 6) is 2.60. The Bertz CT molecular complexity index is 1060. The van der Waals surface area contributed by atoms with E-state index in [-0.39, 0.29) is 12.8 Å². The average molecular weight is 856 g/mol. The zero-order valence-electron chi connectivity index (χ0n) is 47.3. The average Bonchev–Trinajstić information content (AvgIpc) is 3.13. The van der Waals surface area contributed by atoms with Crippen LogP contribution in [0.3, 0.4) is 0 Å². The highest BCUT2D eigenvalue weighted by Crippen LogP contribution is 2.21. The summed E-state index contributed by atoms with van der Waals surface area (Å²) in [6.45, 7) is 62.8. The summed E-state index contributed by atoms with van der Waals surface area (Å²) >= 11 is 0. The molecule has 0 aliphatic rings. The molecule has 0 spiro atoms. The van der Waals surface area contributed by atoms with E-state index in [0.29, 0.717) is 5.41 Å². The van der Waals surface area contributed by atoms with Crippen molar-refractivity contribution in [2.24, 2.45) is 23.2 Å². The minimum atomic E-state index is 0. The zero-order valence-corrected chi connectivity index (χ0v) is 47.3. The fraction of sp³-hybridized carbons (Fsp3) is 0.705. The number of aryl methyl sites for hydroxylation is 5. The van der Waals surface area contributed by atoms with Crippen LogP contribution in [0, 0.1) is 57.8 Å². The Kier molecular flexibility index (Phi) is 74.8. The van der Waals surface area contributed by atoms with Crippen LogP contribution in [0.4, 0.5) is 0 Å². The number of rotatable bonds is 5. The van der Waals surface area contributed by atoms with Crippen LogP contribution in [-0.2, 0) is 5.41 Å². The first-order valence-corrected chi connectivity index (χ1v) is 24.7. The molecule has 0 aliphatic heterocycles. The molecule has 0 unspecified atom stereocenters. The molecule has 0 N–H and O–H groups in total. The first-order valence-electron chi connectivity index (χ1n) is 24.7. The number of benzene rings is 3. The Hall–Kier alpha value is -2.34. The maximum Gasteiger partial charge on any atom is -0.0132 e. The van der Waals surface area contributed by atoms with Gasteiger partial charge in [-0.1, -0.05) is 326 Å². The maximum atomic E-state index is 2.23. The highest BCUT2D eigenvalue weighted by molar-refractivity contribution is 5.27. The van der Waals surface area contributed by atoms with Crippen molar-refractivity contribution in [2.75, 3.05) is 0 Å². The van der Waals surface area contributed by atoms with Gasteiger partial charge in [-0.15, -0.1) is 0 Å². The molecule has 3 aromatic carbocycles. The van der Waals surface area contributed by atoms with Crippen molar-refractivity contribution in [3.05, 3.63) is 106 Å². The lowest BCUT2D eigenvalue weighted by Crippen LogP contribution is -2.10. The van der Waals surface area contributed by atoms with Crippen molar-refractivity contribution < 1.29 is 0 Å². The molecule has 3 rings (SSSR count). The van der Waals surface area contributed by atoms with Gasteiger partial charge in [0.25, 0.3) is 0 Å². The lowest BCUT2D eigenvalue weighted by atomic mass is 9.87. The van der Waals surface area contributed by atoms with E-state index in [4.69, 9.17) is 0 Å². The SMILES string of the molecule is C.CC.CC(C)(C)C.CC(C)C.CCC.CCC(C)C.CCC(C)C.CCCC.CCCCC.Cc1cc(C)cc(C)c1.Cc1ccc(C(C)(C)C)cc1.Cc1ccccc1. The summed E-state index contributed by atoms with van der Waals surface area (Å²) in [4.78, 5) is 0. The fourth-order valence-corrected chi connectivity index (χ4v) is 3.14. The van der Waals surface area contributed by atoms with E-state index >= 15 is 0 Å². The second-order valence-electron chi connectivity index (χ2n) is 19.8. The predicted octanol–water partition coefficient (Wildman–Crippen LogP) is 22.8. The maximum absolute atomic E-state index is 2.23. The molecule has 0 atom stereocenters. The third-order valence-electron chi connectivity index (χ3n) is 7.06. The van der Waals surface area contributed by atoms with Crippen LogP contribution in [0.15, 0.2) is 72.8 Å². The van der Waals surface area contributed by atoms with E-state index in [0.717, 1.165) is 17.8 Å².